The first-order valence-corrected chi connectivity index (χ1v) is 4.22. The van der Waals surface area contributed by atoms with Crippen molar-refractivity contribution in [3.63, 3.8) is 0 Å². The molecule has 0 amide bonds. The minimum atomic E-state index is -0.695. The standard InChI is InChI=1S/C9H12O2.H3N/c10-9(11)8-3-1-2-6-4-5-7(6)8;/h3,6-7H,1-2,4-5H2,(H,10,11);1H3. The molecule has 0 heterocycles. The highest BCUT2D eigenvalue weighted by Crippen LogP contribution is 2.45. The number of carboxylic acids is 1. The molecule has 1 saturated carbocycles. The van der Waals surface area contributed by atoms with Crippen molar-refractivity contribution in [1.29, 1.82) is 0 Å². The molecule has 0 aromatic heterocycles. The Bertz CT molecular complexity index is 223. The van der Waals surface area contributed by atoms with Gasteiger partial charge in [-0.2, -0.15) is 0 Å². The van der Waals surface area contributed by atoms with Crippen LogP contribution in [0.4, 0.5) is 0 Å². The van der Waals surface area contributed by atoms with Crippen LogP contribution in [-0.4, -0.2) is 11.1 Å². The van der Waals surface area contributed by atoms with Gasteiger partial charge in [0.15, 0.2) is 0 Å². The average Bonchev–Trinajstić information content (AvgIpc) is 1.90. The Hall–Kier alpha value is -0.830. The van der Waals surface area contributed by atoms with Crippen LogP contribution in [0.1, 0.15) is 25.7 Å². The second-order valence-corrected chi connectivity index (χ2v) is 3.49. The normalized spacial score (nSPS) is 32.2. The van der Waals surface area contributed by atoms with Gasteiger partial charge in [0.25, 0.3) is 0 Å². The summed E-state index contributed by atoms with van der Waals surface area (Å²) in [5.74, 6) is 0.409. The second-order valence-electron chi connectivity index (χ2n) is 3.49. The van der Waals surface area contributed by atoms with Crippen molar-refractivity contribution in [3.8, 4) is 0 Å². The number of hydrogen-bond donors (Lipinski definition) is 2. The number of hydrogen-bond acceptors (Lipinski definition) is 2. The Morgan fingerprint density at radius 2 is 2.17 bits per heavy atom. The smallest absolute Gasteiger partial charge is 0.331 e. The molecule has 2 rings (SSSR count). The first-order chi connectivity index (χ1) is 5.29. The molecule has 2 aliphatic carbocycles. The fourth-order valence-corrected chi connectivity index (χ4v) is 2.17. The summed E-state index contributed by atoms with van der Waals surface area (Å²) in [5, 5.41) is 8.79. The molecule has 2 aliphatic rings. The van der Waals surface area contributed by atoms with E-state index in [0.717, 1.165) is 12.8 Å². The molecule has 0 aromatic rings. The molecule has 4 N–H and O–H groups in total. The van der Waals surface area contributed by atoms with Crippen molar-refractivity contribution in [1.82, 2.24) is 6.15 Å². The highest BCUT2D eigenvalue weighted by molar-refractivity contribution is 5.87. The Balaban J connectivity index is 0.000000720. The molecule has 0 bridgehead atoms. The zero-order chi connectivity index (χ0) is 7.84. The molecule has 0 radical (unpaired) electrons. The molecular weight excluding hydrogens is 154 g/mol. The van der Waals surface area contributed by atoms with E-state index < -0.39 is 5.97 Å². The molecule has 3 nitrogen and oxygen atoms in total. The zero-order valence-corrected chi connectivity index (χ0v) is 7.12. The molecule has 2 atom stereocenters. The number of rotatable bonds is 1. The number of fused-ring (bicyclic) bond motifs is 1. The van der Waals surface area contributed by atoms with Gasteiger partial charge in [-0.15, -0.1) is 0 Å². The average molecular weight is 169 g/mol. The molecule has 1 fully saturated rings. The van der Waals surface area contributed by atoms with Gasteiger partial charge in [-0.1, -0.05) is 6.08 Å². The van der Waals surface area contributed by atoms with E-state index in [4.69, 9.17) is 5.11 Å². The highest BCUT2D eigenvalue weighted by Gasteiger charge is 2.37. The van der Waals surface area contributed by atoms with E-state index in [0.29, 0.717) is 17.4 Å². The number of allylic oxidation sites excluding steroid dienone is 1. The summed E-state index contributed by atoms with van der Waals surface area (Å²) in [4.78, 5) is 10.7. The predicted octanol–water partition coefficient (Wildman–Crippen LogP) is 1.98. The number of carbonyl (C=O) groups is 1. The monoisotopic (exact) mass is 169 g/mol. The summed E-state index contributed by atoms with van der Waals surface area (Å²) < 4.78 is 0. The van der Waals surface area contributed by atoms with E-state index in [1.807, 2.05) is 6.08 Å². The molecule has 3 heteroatoms. The van der Waals surface area contributed by atoms with Crippen LogP contribution in [-0.2, 0) is 4.79 Å². The lowest BCUT2D eigenvalue weighted by Crippen LogP contribution is -2.32. The van der Waals surface area contributed by atoms with Crippen molar-refractivity contribution in [2.24, 2.45) is 11.8 Å². The maximum Gasteiger partial charge on any atom is 0.331 e. The Morgan fingerprint density at radius 3 is 2.58 bits per heavy atom. The third kappa shape index (κ3) is 1.25. The lowest BCUT2D eigenvalue weighted by Gasteiger charge is -2.39. The lowest BCUT2D eigenvalue weighted by atomic mass is 9.65. The van der Waals surface area contributed by atoms with Crippen LogP contribution in [0.5, 0.6) is 0 Å². The summed E-state index contributed by atoms with van der Waals surface area (Å²) >= 11 is 0. The summed E-state index contributed by atoms with van der Waals surface area (Å²) in [5.41, 5.74) is 0.688. The topological polar surface area (TPSA) is 72.3 Å². The fourth-order valence-electron chi connectivity index (χ4n) is 2.17. The Kier molecular flexibility index (Phi) is 2.52. The second kappa shape index (κ2) is 3.27. The molecular formula is C9H15NO2. The van der Waals surface area contributed by atoms with Crippen molar-refractivity contribution in [3.05, 3.63) is 11.6 Å². The molecule has 68 valence electrons. The molecule has 0 saturated heterocycles. The summed E-state index contributed by atoms with van der Waals surface area (Å²) in [7, 11) is 0. The molecule has 2 unspecified atom stereocenters. The van der Waals surface area contributed by atoms with Gasteiger partial charge in [-0.3, -0.25) is 0 Å². The van der Waals surface area contributed by atoms with Crippen LogP contribution in [0.15, 0.2) is 11.6 Å². The summed E-state index contributed by atoms with van der Waals surface area (Å²) in [6, 6.07) is 0. The van der Waals surface area contributed by atoms with Crippen LogP contribution >= 0.6 is 0 Å². The van der Waals surface area contributed by atoms with Crippen LogP contribution < -0.4 is 6.15 Å². The predicted molar refractivity (Wildman–Crippen MR) is 46.2 cm³/mol. The van der Waals surface area contributed by atoms with Gasteiger partial charge >= 0.3 is 5.97 Å². The summed E-state index contributed by atoms with van der Waals surface area (Å²) in [6.07, 6.45) is 6.44. The third-order valence-corrected chi connectivity index (χ3v) is 2.97. The number of aliphatic carboxylic acids is 1. The first-order valence-electron chi connectivity index (χ1n) is 4.22. The Labute approximate surface area is 72.0 Å². The largest absolute Gasteiger partial charge is 0.478 e. The fraction of sp³-hybridized carbons (Fsp3) is 0.667. The SMILES string of the molecule is N.O=C(O)C1=CCCC2CCC12. The maximum absolute atomic E-state index is 10.7. The van der Waals surface area contributed by atoms with Crippen molar-refractivity contribution < 1.29 is 9.90 Å². The molecule has 12 heavy (non-hydrogen) atoms. The van der Waals surface area contributed by atoms with Gasteiger partial charge in [-0.05, 0) is 37.5 Å². The van der Waals surface area contributed by atoms with Gasteiger partial charge in [0, 0.05) is 5.57 Å². The van der Waals surface area contributed by atoms with Crippen LogP contribution in [0, 0.1) is 11.8 Å². The van der Waals surface area contributed by atoms with Gasteiger partial charge < -0.3 is 11.3 Å². The van der Waals surface area contributed by atoms with Crippen molar-refractivity contribution in [2.45, 2.75) is 25.7 Å². The third-order valence-electron chi connectivity index (χ3n) is 2.97. The van der Waals surface area contributed by atoms with Crippen LogP contribution in [0.25, 0.3) is 0 Å². The molecule has 0 aromatic carbocycles. The lowest BCUT2D eigenvalue weighted by molar-refractivity contribution is -0.134. The summed E-state index contributed by atoms with van der Waals surface area (Å²) in [6.45, 7) is 0. The van der Waals surface area contributed by atoms with E-state index in [-0.39, 0.29) is 6.15 Å². The Morgan fingerprint density at radius 1 is 1.42 bits per heavy atom. The van der Waals surface area contributed by atoms with E-state index in [1.54, 1.807) is 0 Å². The van der Waals surface area contributed by atoms with Gasteiger partial charge in [-0.25, -0.2) is 4.79 Å². The van der Waals surface area contributed by atoms with E-state index in [2.05, 4.69) is 0 Å². The van der Waals surface area contributed by atoms with Crippen LogP contribution in [0.3, 0.4) is 0 Å². The van der Waals surface area contributed by atoms with Gasteiger partial charge in [0.2, 0.25) is 0 Å². The van der Waals surface area contributed by atoms with Gasteiger partial charge in [0.1, 0.15) is 0 Å². The molecule has 0 spiro atoms. The first kappa shape index (κ1) is 9.26. The van der Waals surface area contributed by atoms with Gasteiger partial charge in [0.05, 0.1) is 0 Å². The zero-order valence-electron chi connectivity index (χ0n) is 7.12. The quantitative estimate of drug-likeness (QED) is 0.630. The highest BCUT2D eigenvalue weighted by atomic mass is 16.4. The number of carboxylic acid groups (broad SMARTS) is 1. The van der Waals surface area contributed by atoms with E-state index in [1.165, 1.54) is 12.8 Å². The molecule has 0 aliphatic heterocycles. The van der Waals surface area contributed by atoms with E-state index in [9.17, 15) is 4.79 Å². The minimum absolute atomic E-state index is 0. The van der Waals surface area contributed by atoms with Crippen LogP contribution in [0.2, 0.25) is 0 Å². The maximum atomic E-state index is 10.7. The minimum Gasteiger partial charge on any atom is -0.478 e. The van der Waals surface area contributed by atoms with E-state index >= 15 is 0 Å². The van der Waals surface area contributed by atoms with Crippen molar-refractivity contribution >= 4 is 5.97 Å². The van der Waals surface area contributed by atoms with Crippen molar-refractivity contribution in [2.75, 3.05) is 0 Å².